The van der Waals surface area contributed by atoms with Crippen LogP contribution in [0.1, 0.15) is 36.0 Å². The lowest BCUT2D eigenvalue weighted by molar-refractivity contribution is 0.145. The molecule has 0 aliphatic carbocycles. The van der Waals surface area contributed by atoms with Crippen molar-refractivity contribution in [2.75, 3.05) is 24.1 Å². The molecule has 0 radical (unpaired) electrons. The minimum atomic E-state index is -3.25. The van der Waals surface area contributed by atoms with E-state index in [0.29, 0.717) is 5.69 Å². The van der Waals surface area contributed by atoms with Gasteiger partial charge >= 0.3 is 0 Å². The smallest absolute Gasteiger partial charge is 0.229 e. The second-order valence-corrected chi connectivity index (χ2v) is 10.6. The van der Waals surface area contributed by atoms with Crippen molar-refractivity contribution in [1.82, 2.24) is 9.88 Å². The number of rotatable bonds is 8. The van der Waals surface area contributed by atoms with E-state index in [2.05, 4.69) is 57.1 Å². The first kappa shape index (κ1) is 22.5. The van der Waals surface area contributed by atoms with Crippen LogP contribution in [0.4, 0.5) is 5.69 Å². The highest BCUT2D eigenvalue weighted by Crippen LogP contribution is 2.39. The van der Waals surface area contributed by atoms with Crippen molar-refractivity contribution in [3.8, 4) is 0 Å². The Balaban J connectivity index is 1.41. The predicted octanol–water partition coefficient (Wildman–Crippen LogP) is 4.62. The zero-order chi connectivity index (χ0) is 22.4. The monoisotopic (exact) mass is 449 g/mol. The van der Waals surface area contributed by atoms with E-state index in [1.165, 1.54) is 22.9 Å². The van der Waals surface area contributed by atoms with Gasteiger partial charge in [0.2, 0.25) is 10.0 Å². The second kappa shape index (κ2) is 9.84. The van der Waals surface area contributed by atoms with Crippen LogP contribution in [0, 0.1) is 0 Å². The molecule has 0 unspecified atom stereocenters. The lowest BCUT2D eigenvalue weighted by Crippen LogP contribution is -2.42. The Morgan fingerprint density at radius 1 is 0.938 bits per heavy atom. The van der Waals surface area contributed by atoms with Crippen molar-refractivity contribution in [2.45, 2.75) is 37.6 Å². The number of piperidine rings is 1. The van der Waals surface area contributed by atoms with Crippen LogP contribution in [0.25, 0.3) is 0 Å². The van der Waals surface area contributed by atoms with Crippen molar-refractivity contribution in [2.24, 2.45) is 0 Å². The van der Waals surface area contributed by atoms with Crippen LogP contribution < -0.4 is 4.72 Å². The van der Waals surface area contributed by atoms with Crippen LogP contribution in [-0.4, -0.2) is 37.6 Å². The molecule has 4 rings (SSSR count). The van der Waals surface area contributed by atoms with E-state index >= 15 is 0 Å². The van der Waals surface area contributed by atoms with Gasteiger partial charge in [-0.1, -0.05) is 48.5 Å². The van der Waals surface area contributed by atoms with Gasteiger partial charge in [0.1, 0.15) is 0 Å². The van der Waals surface area contributed by atoms with Gasteiger partial charge in [0.25, 0.3) is 0 Å². The average molecular weight is 450 g/mol. The summed E-state index contributed by atoms with van der Waals surface area (Å²) in [7, 11) is -3.25. The summed E-state index contributed by atoms with van der Waals surface area (Å²) in [6, 6.07) is 22.7. The first-order chi connectivity index (χ1) is 15.4. The van der Waals surface area contributed by atoms with E-state index in [4.69, 9.17) is 0 Å². The van der Waals surface area contributed by atoms with Gasteiger partial charge in [0.05, 0.1) is 6.26 Å². The highest BCUT2D eigenvalue weighted by Gasteiger charge is 2.36. The van der Waals surface area contributed by atoms with Crippen LogP contribution in [0.15, 0.2) is 79.1 Å². The number of likely N-dealkylation sites (tertiary alicyclic amines) is 1. The van der Waals surface area contributed by atoms with E-state index in [-0.39, 0.29) is 5.41 Å². The summed E-state index contributed by atoms with van der Waals surface area (Å²) in [5.41, 5.74) is 4.70. The fourth-order valence-electron chi connectivity index (χ4n) is 4.68. The number of aromatic nitrogens is 1. The molecule has 0 saturated carbocycles. The Morgan fingerprint density at radius 2 is 1.66 bits per heavy atom. The summed E-state index contributed by atoms with van der Waals surface area (Å²) >= 11 is 0. The number of sulfonamides is 1. The van der Waals surface area contributed by atoms with E-state index in [1.54, 1.807) is 0 Å². The second-order valence-electron chi connectivity index (χ2n) is 8.85. The Kier molecular flexibility index (Phi) is 6.92. The van der Waals surface area contributed by atoms with E-state index in [0.717, 1.165) is 45.3 Å². The van der Waals surface area contributed by atoms with E-state index < -0.39 is 10.0 Å². The lowest BCUT2D eigenvalue weighted by Gasteiger charge is -2.42. The number of aryl methyl sites for hydroxylation is 1. The fourth-order valence-corrected chi connectivity index (χ4v) is 5.24. The fraction of sp³-hybridized carbons (Fsp3) is 0.346. The number of nitrogens with zero attached hydrogens (tertiary/aromatic N) is 2. The quantitative estimate of drug-likeness (QED) is 0.545. The maximum absolute atomic E-state index is 11.4. The molecule has 1 fully saturated rings. The SMILES string of the molecule is CS(=O)(=O)Nc1ccc(CN2CCC(CCc3ccccc3)(c3cccnc3)CC2)cc1. The average Bonchev–Trinajstić information content (AvgIpc) is 2.80. The Morgan fingerprint density at radius 3 is 2.28 bits per heavy atom. The number of benzene rings is 2. The van der Waals surface area contributed by atoms with Crippen LogP contribution in [0.2, 0.25) is 0 Å². The van der Waals surface area contributed by atoms with Crippen molar-refractivity contribution in [3.05, 3.63) is 95.8 Å². The minimum Gasteiger partial charge on any atom is -0.299 e. The lowest BCUT2D eigenvalue weighted by atomic mass is 9.69. The Labute approximate surface area is 191 Å². The maximum Gasteiger partial charge on any atom is 0.229 e. The highest BCUT2D eigenvalue weighted by atomic mass is 32.2. The normalized spacial score (nSPS) is 16.5. The van der Waals surface area contributed by atoms with Crippen LogP contribution in [-0.2, 0) is 28.4 Å². The molecule has 0 amide bonds. The highest BCUT2D eigenvalue weighted by molar-refractivity contribution is 7.92. The summed E-state index contributed by atoms with van der Waals surface area (Å²) < 4.78 is 25.3. The van der Waals surface area contributed by atoms with Gasteiger partial charge in [-0.3, -0.25) is 14.6 Å². The van der Waals surface area contributed by atoms with Crippen molar-refractivity contribution >= 4 is 15.7 Å². The zero-order valence-corrected chi connectivity index (χ0v) is 19.4. The summed E-state index contributed by atoms with van der Waals surface area (Å²) in [5.74, 6) is 0. The molecule has 168 valence electrons. The molecule has 5 nitrogen and oxygen atoms in total. The zero-order valence-electron chi connectivity index (χ0n) is 18.6. The number of pyridine rings is 1. The van der Waals surface area contributed by atoms with Crippen molar-refractivity contribution < 1.29 is 8.42 Å². The maximum atomic E-state index is 11.4. The van der Waals surface area contributed by atoms with Gasteiger partial charge in [0, 0.05) is 24.6 Å². The number of nitrogens with one attached hydrogen (secondary N) is 1. The molecular formula is C26H31N3O2S. The van der Waals surface area contributed by atoms with Crippen molar-refractivity contribution in [3.63, 3.8) is 0 Å². The third kappa shape index (κ3) is 5.96. The van der Waals surface area contributed by atoms with Crippen LogP contribution in [0.5, 0.6) is 0 Å². The Bertz CT molecular complexity index is 1090. The molecule has 1 aliphatic heterocycles. The molecule has 3 aromatic rings. The summed E-state index contributed by atoms with van der Waals surface area (Å²) in [6.45, 7) is 2.95. The van der Waals surface area contributed by atoms with Gasteiger partial charge in [-0.15, -0.1) is 0 Å². The molecule has 2 heterocycles. The third-order valence-electron chi connectivity index (χ3n) is 6.49. The topological polar surface area (TPSA) is 62.3 Å². The molecule has 6 heteroatoms. The molecule has 0 bridgehead atoms. The van der Waals surface area contributed by atoms with Gasteiger partial charge < -0.3 is 0 Å². The summed E-state index contributed by atoms with van der Waals surface area (Å²) in [6.07, 6.45) is 9.49. The number of hydrogen-bond donors (Lipinski definition) is 1. The van der Waals surface area contributed by atoms with Gasteiger partial charge in [0.15, 0.2) is 0 Å². The van der Waals surface area contributed by atoms with Gasteiger partial charge in [-0.05, 0) is 79.1 Å². The van der Waals surface area contributed by atoms with Gasteiger partial charge in [-0.25, -0.2) is 8.42 Å². The first-order valence-electron chi connectivity index (χ1n) is 11.2. The minimum absolute atomic E-state index is 0.157. The Hall–Kier alpha value is -2.70. The van der Waals surface area contributed by atoms with E-state index in [9.17, 15) is 8.42 Å². The van der Waals surface area contributed by atoms with E-state index in [1.807, 2.05) is 36.7 Å². The third-order valence-corrected chi connectivity index (χ3v) is 7.09. The molecular weight excluding hydrogens is 418 g/mol. The summed E-state index contributed by atoms with van der Waals surface area (Å²) in [4.78, 5) is 6.91. The molecule has 32 heavy (non-hydrogen) atoms. The number of hydrogen-bond acceptors (Lipinski definition) is 4. The molecule has 1 saturated heterocycles. The molecule has 0 spiro atoms. The standard InChI is InChI=1S/C26H31N3O2S/c1-32(30,31)28-25-11-9-23(10-12-25)21-29-18-15-26(16-19-29,24-8-5-17-27-20-24)14-13-22-6-3-2-4-7-22/h2-12,17,20,28H,13-16,18-19,21H2,1H3. The van der Waals surface area contributed by atoms with Gasteiger partial charge in [-0.2, -0.15) is 0 Å². The molecule has 1 N–H and O–H groups in total. The van der Waals surface area contributed by atoms with Crippen LogP contribution >= 0.6 is 0 Å². The van der Waals surface area contributed by atoms with Crippen LogP contribution in [0.3, 0.4) is 0 Å². The predicted molar refractivity (Wildman–Crippen MR) is 130 cm³/mol. The van der Waals surface area contributed by atoms with Crippen molar-refractivity contribution in [1.29, 1.82) is 0 Å². The largest absolute Gasteiger partial charge is 0.299 e. The molecule has 1 aromatic heterocycles. The molecule has 2 aromatic carbocycles. The molecule has 0 atom stereocenters. The molecule has 1 aliphatic rings. The summed E-state index contributed by atoms with van der Waals surface area (Å²) in [5, 5.41) is 0. The number of anilines is 1. The first-order valence-corrected chi connectivity index (χ1v) is 13.0.